The number of amides is 1. The van der Waals surface area contributed by atoms with E-state index < -0.39 is 0 Å². The highest BCUT2D eigenvalue weighted by Gasteiger charge is 2.27. The normalized spacial score (nSPS) is 21.3. The molecule has 5 nitrogen and oxygen atoms in total. The third-order valence-electron chi connectivity index (χ3n) is 4.42. The van der Waals surface area contributed by atoms with Crippen molar-refractivity contribution < 1.29 is 9.90 Å². The van der Waals surface area contributed by atoms with E-state index in [0.29, 0.717) is 19.1 Å². The fourth-order valence-electron chi connectivity index (χ4n) is 3.10. The fraction of sp³-hybridized carbons (Fsp3) is 0.706. The molecule has 6 heteroatoms. The summed E-state index contributed by atoms with van der Waals surface area (Å²) in [6.07, 6.45) is 0.747. The third kappa shape index (κ3) is 5.57. The number of thiophene rings is 1. The van der Waals surface area contributed by atoms with E-state index >= 15 is 0 Å². The van der Waals surface area contributed by atoms with Crippen LogP contribution in [0.25, 0.3) is 0 Å². The molecule has 1 N–H and O–H groups in total. The van der Waals surface area contributed by atoms with Crippen molar-refractivity contribution >= 4 is 17.2 Å². The van der Waals surface area contributed by atoms with Crippen LogP contribution in [-0.2, 0) is 11.3 Å². The average Bonchev–Trinajstić information content (AvgIpc) is 3.01. The van der Waals surface area contributed by atoms with Crippen LogP contribution in [0.5, 0.6) is 0 Å². The van der Waals surface area contributed by atoms with Crippen LogP contribution in [0.4, 0.5) is 0 Å². The lowest BCUT2D eigenvalue weighted by molar-refractivity contribution is -0.132. The van der Waals surface area contributed by atoms with Gasteiger partial charge in [0.25, 0.3) is 0 Å². The molecule has 2 rings (SSSR count). The van der Waals surface area contributed by atoms with Gasteiger partial charge < -0.3 is 10.0 Å². The highest BCUT2D eigenvalue weighted by atomic mass is 32.1. The quantitative estimate of drug-likeness (QED) is 0.817. The molecule has 0 saturated carbocycles. The molecule has 1 aliphatic rings. The molecule has 1 aromatic rings. The van der Waals surface area contributed by atoms with Crippen molar-refractivity contribution in [3.05, 3.63) is 22.4 Å². The molecule has 2 atom stereocenters. The zero-order valence-corrected chi connectivity index (χ0v) is 15.3. The Morgan fingerprint density at radius 3 is 2.91 bits per heavy atom. The molecule has 1 aliphatic heterocycles. The van der Waals surface area contributed by atoms with Gasteiger partial charge in [0.2, 0.25) is 5.91 Å². The average molecular weight is 340 g/mol. The lowest BCUT2D eigenvalue weighted by Gasteiger charge is -2.41. The first-order valence-electron chi connectivity index (χ1n) is 8.40. The molecule has 0 aliphatic carbocycles. The largest absolute Gasteiger partial charge is 0.392 e. The van der Waals surface area contributed by atoms with E-state index in [4.69, 9.17) is 0 Å². The zero-order chi connectivity index (χ0) is 16.8. The molecule has 0 spiro atoms. The smallest absolute Gasteiger partial charge is 0.236 e. The van der Waals surface area contributed by atoms with E-state index in [9.17, 15) is 9.90 Å². The number of hydrogen-bond donors (Lipinski definition) is 1. The monoisotopic (exact) mass is 339 g/mol. The third-order valence-corrected chi connectivity index (χ3v) is 5.28. The van der Waals surface area contributed by atoms with Crippen molar-refractivity contribution in [3.63, 3.8) is 0 Å². The Hall–Kier alpha value is -0.950. The highest BCUT2D eigenvalue weighted by Crippen LogP contribution is 2.15. The highest BCUT2D eigenvalue weighted by molar-refractivity contribution is 7.09. The number of aliphatic hydroxyl groups excluding tert-OH is 1. The van der Waals surface area contributed by atoms with Gasteiger partial charge >= 0.3 is 0 Å². The van der Waals surface area contributed by atoms with Crippen molar-refractivity contribution in [3.8, 4) is 0 Å². The maximum absolute atomic E-state index is 12.4. The summed E-state index contributed by atoms with van der Waals surface area (Å²) in [5, 5.41) is 11.7. The standard InChI is InChI=1S/C17H29N3O2S/c1-4-15-11-19(7-8-20(15)10-14(2)21)13-17(22)18(3)12-16-6-5-9-23-16/h5-6,9,14-15,21H,4,7-8,10-13H2,1-3H3/t14-,15+/m0/s1. The summed E-state index contributed by atoms with van der Waals surface area (Å²) in [6.45, 7) is 8.63. The molecule has 0 radical (unpaired) electrons. The summed E-state index contributed by atoms with van der Waals surface area (Å²) < 4.78 is 0. The van der Waals surface area contributed by atoms with Crippen LogP contribution in [0, 0.1) is 0 Å². The van der Waals surface area contributed by atoms with Crippen LogP contribution in [0.2, 0.25) is 0 Å². The first kappa shape index (κ1) is 18.4. The van der Waals surface area contributed by atoms with Crippen LogP contribution >= 0.6 is 11.3 Å². The predicted octanol–water partition coefficient (Wildman–Crippen LogP) is 1.48. The number of carbonyl (C=O) groups excluding carboxylic acids is 1. The number of carbonyl (C=O) groups is 1. The maximum atomic E-state index is 12.4. The Labute approximate surface area is 143 Å². The molecule has 130 valence electrons. The number of rotatable bonds is 7. The van der Waals surface area contributed by atoms with Gasteiger partial charge in [-0.15, -0.1) is 11.3 Å². The van der Waals surface area contributed by atoms with Crippen LogP contribution in [0.15, 0.2) is 17.5 Å². The Kier molecular flexibility index (Phi) is 7.02. The summed E-state index contributed by atoms with van der Waals surface area (Å²) in [7, 11) is 1.88. The van der Waals surface area contributed by atoms with Gasteiger partial charge in [0.1, 0.15) is 0 Å². The number of piperazine rings is 1. The maximum Gasteiger partial charge on any atom is 0.236 e. The van der Waals surface area contributed by atoms with E-state index in [2.05, 4.69) is 22.8 Å². The van der Waals surface area contributed by atoms with Gasteiger partial charge in [0.05, 0.1) is 19.2 Å². The van der Waals surface area contributed by atoms with Crippen LogP contribution in [0.3, 0.4) is 0 Å². The molecule has 1 fully saturated rings. The lowest BCUT2D eigenvalue weighted by atomic mass is 10.1. The molecule has 1 amide bonds. The molecule has 0 aromatic carbocycles. The molecular formula is C17H29N3O2S. The number of likely N-dealkylation sites (N-methyl/N-ethyl adjacent to an activating group) is 1. The van der Waals surface area contributed by atoms with E-state index in [1.807, 2.05) is 30.3 Å². The van der Waals surface area contributed by atoms with Gasteiger partial charge in [-0.25, -0.2) is 0 Å². The molecule has 2 heterocycles. The van der Waals surface area contributed by atoms with E-state index in [1.165, 1.54) is 4.88 Å². The van der Waals surface area contributed by atoms with Crippen molar-refractivity contribution in [2.75, 3.05) is 39.8 Å². The topological polar surface area (TPSA) is 47.0 Å². The van der Waals surface area contributed by atoms with Gasteiger partial charge in [-0.05, 0) is 24.8 Å². The number of hydrogen-bond acceptors (Lipinski definition) is 5. The Morgan fingerprint density at radius 2 is 2.30 bits per heavy atom. The number of aliphatic hydroxyl groups is 1. The minimum absolute atomic E-state index is 0.178. The first-order chi connectivity index (χ1) is 11.0. The second kappa shape index (κ2) is 8.78. The van der Waals surface area contributed by atoms with Crippen molar-refractivity contribution in [2.24, 2.45) is 0 Å². The zero-order valence-electron chi connectivity index (χ0n) is 14.4. The van der Waals surface area contributed by atoms with Gasteiger partial charge in [-0.2, -0.15) is 0 Å². The van der Waals surface area contributed by atoms with Gasteiger partial charge in [0.15, 0.2) is 0 Å². The molecule has 0 unspecified atom stereocenters. The number of β-amino-alcohol motifs (C(OH)–C–C–N with tert-alkyl or cyclic N) is 1. The van der Waals surface area contributed by atoms with Gasteiger partial charge in [-0.3, -0.25) is 14.6 Å². The molecular weight excluding hydrogens is 310 g/mol. The Morgan fingerprint density at radius 1 is 1.52 bits per heavy atom. The summed E-state index contributed by atoms with van der Waals surface area (Å²) in [4.78, 5) is 20.1. The van der Waals surface area contributed by atoms with Crippen molar-refractivity contribution in [2.45, 2.75) is 39.0 Å². The summed E-state index contributed by atoms with van der Waals surface area (Å²) in [6, 6.07) is 4.51. The second-order valence-electron chi connectivity index (χ2n) is 6.47. The molecule has 0 bridgehead atoms. The van der Waals surface area contributed by atoms with E-state index in [1.54, 1.807) is 11.3 Å². The summed E-state index contributed by atoms with van der Waals surface area (Å²) >= 11 is 1.69. The van der Waals surface area contributed by atoms with Crippen LogP contribution < -0.4 is 0 Å². The van der Waals surface area contributed by atoms with Crippen molar-refractivity contribution in [1.82, 2.24) is 14.7 Å². The minimum atomic E-state index is -0.297. The second-order valence-corrected chi connectivity index (χ2v) is 7.50. The van der Waals surface area contributed by atoms with Gasteiger partial charge in [-0.1, -0.05) is 13.0 Å². The Bertz CT molecular complexity index is 478. The van der Waals surface area contributed by atoms with E-state index in [0.717, 1.165) is 32.6 Å². The van der Waals surface area contributed by atoms with Crippen LogP contribution in [0.1, 0.15) is 25.1 Å². The molecule has 1 aromatic heterocycles. The van der Waals surface area contributed by atoms with Gasteiger partial charge in [0, 0.05) is 44.1 Å². The molecule has 1 saturated heterocycles. The van der Waals surface area contributed by atoms with E-state index in [-0.39, 0.29) is 12.0 Å². The SMILES string of the molecule is CC[C@@H]1CN(CC(=O)N(C)Cc2cccs2)CCN1C[C@H](C)O. The summed E-state index contributed by atoms with van der Waals surface area (Å²) in [5.74, 6) is 0.178. The predicted molar refractivity (Wildman–Crippen MR) is 94.6 cm³/mol. The fourth-order valence-corrected chi connectivity index (χ4v) is 3.86. The Balaban J connectivity index is 1.82. The molecule has 23 heavy (non-hydrogen) atoms. The lowest BCUT2D eigenvalue weighted by Crippen LogP contribution is -2.56. The van der Waals surface area contributed by atoms with Crippen molar-refractivity contribution in [1.29, 1.82) is 0 Å². The summed E-state index contributed by atoms with van der Waals surface area (Å²) in [5.41, 5.74) is 0. The first-order valence-corrected chi connectivity index (χ1v) is 9.28. The number of nitrogens with zero attached hydrogens (tertiary/aromatic N) is 3. The minimum Gasteiger partial charge on any atom is -0.392 e. The van der Waals surface area contributed by atoms with Crippen LogP contribution in [-0.4, -0.2) is 77.6 Å².